The molecule has 3 rings (SSSR count). The molecular weight excluding hydrogens is 447 g/mol. The van der Waals surface area contributed by atoms with Crippen LogP contribution in [0.3, 0.4) is 0 Å². The Hall–Kier alpha value is -3.19. The number of hydrogen-bond donors (Lipinski definition) is 1. The van der Waals surface area contributed by atoms with Gasteiger partial charge in [-0.3, -0.25) is 9.69 Å². The van der Waals surface area contributed by atoms with E-state index in [-0.39, 0.29) is 18.7 Å². The maximum atomic E-state index is 13.3. The number of aliphatic hydroxyl groups is 1. The highest BCUT2D eigenvalue weighted by Gasteiger charge is 2.38. The van der Waals surface area contributed by atoms with Gasteiger partial charge in [0.15, 0.2) is 6.29 Å². The van der Waals surface area contributed by atoms with Crippen LogP contribution in [0.25, 0.3) is 0 Å². The molecule has 2 atom stereocenters. The van der Waals surface area contributed by atoms with Gasteiger partial charge in [-0.1, -0.05) is 18.2 Å². The maximum Gasteiger partial charge on any atom is 0.416 e. The van der Waals surface area contributed by atoms with Crippen molar-refractivity contribution >= 4 is 11.6 Å². The third-order valence-corrected chi connectivity index (χ3v) is 5.71. The minimum absolute atomic E-state index is 0.0635. The number of likely N-dealkylation sites (N-methyl/N-ethyl adjacent to an activating group) is 1. The first kappa shape index (κ1) is 25.4. The van der Waals surface area contributed by atoms with Gasteiger partial charge in [0.25, 0.3) is 0 Å². The van der Waals surface area contributed by atoms with E-state index < -0.39 is 29.9 Å². The number of allylic oxidation sites excluding steroid dienone is 1. The molecule has 0 saturated carbocycles. The molecule has 180 valence electrons. The predicted molar refractivity (Wildman–Crippen MR) is 121 cm³/mol. The zero-order valence-electron chi connectivity index (χ0n) is 19.1. The Morgan fingerprint density at radius 1 is 1.24 bits per heavy atom. The SMILES string of the molecule is CC1=C(C(O)OCCN(C)C)C(c2ccc(C#N)cc2)CC(=O)N1c1cccc(C(F)(F)F)c1. The largest absolute Gasteiger partial charge is 0.416 e. The zero-order valence-corrected chi connectivity index (χ0v) is 19.1. The molecule has 6 nitrogen and oxygen atoms in total. The molecule has 0 spiro atoms. The number of carbonyl (C=O) groups excluding carboxylic acids is 1. The van der Waals surface area contributed by atoms with Crippen molar-refractivity contribution in [3.05, 3.63) is 76.5 Å². The Kier molecular flexibility index (Phi) is 7.77. The van der Waals surface area contributed by atoms with Gasteiger partial charge in [0.2, 0.25) is 5.91 Å². The minimum atomic E-state index is -4.56. The van der Waals surface area contributed by atoms with Gasteiger partial charge in [0.05, 0.1) is 23.8 Å². The lowest BCUT2D eigenvalue weighted by Crippen LogP contribution is -2.40. The molecule has 0 saturated heterocycles. The first-order chi connectivity index (χ1) is 16.0. The molecule has 1 aliphatic heterocycles. The van der Waals surface area contributed by atoms with Gasteiger partial charge in [-0.05, 0) is 56.9 Å². The Bertz CT molecular complexity index is 1100. The Balaban J connectivity index is 2.07. The molecule has 34 heavy (non-hydrogen) atoms. The van der Waals surface area contributed by atoms with Gasteiger partial charge in [0, 0.05) is 35.8 Å². The zero-order chi connectivity index (χ0) is 25.0. The van der Waals surface area contributed by atoms with Gasteiger partial charge in [-0.25, -0.2) is 0 Å². The maximum absolute atomic E-state index is 13.3. The standard InChI is InChI=1S/C25H26F3N3O3/c1-16-23(24(33)34-12-11-30(2)3)21(18-9-7-17(15-29)8-10-18)14-22(32)31(16)20-6-4-5-19(13-20)25(26,27)28/h4-10,13,21,24,33H,11-12,14H2,1-3H3. The highest BCUT2D eigenvalue weighted by Crippen LogP contribution is 2.41. The van der Waals surface area contributed by atoms with Crippen molar-refractivity contribution < 1.29 is 27.8 Å². The summed E-state index contributed by atoms with van der Waals surface area (Å²) in [6.07, 6.45) is -6.01. The normalized spacial score (nSPS) is 17.8. The van der Waals surface area contributed by atoms with E-state index in [1.165, 1.54) is 17.0 Å². The van der Waals surface area contributed by atoms with E-state index in [1.807, 2.05) is 25.1 Å². The summed E-state index contributed by atoms with van der Waals surface area (Å²) >= 11 is 0. The van der Waals surface area contributed by atoms with Gasteiger partial charge < -0.3 is 14.7 Å². The summed E-state index contributed by atoms with van der Waals surface area (Å²) in [7, 11) is 3.71. The molecular formula is C25H26F3N3O3. The molecule has 0 radical (unpaired) electrons. The number of aliphatic hydroxyl groups excluding tert-OH is 1. The molecule has 0 fully saturated rings. The molecule has 1 N–H and O–H groups in total. The van der Waals surface area contributed by atoms with Crippen LogP contribution in [0.2, 0.25) is 0 Å². The van der Waals surface area contributed by atoms with Crippen LogP contribution >= 0.6 is 0 Å². The molecule has 9 heteroatoms. The summed E-state index contributed by atoms with van der Waals surface area (Å²) < 4.78 is 45.5. The van der Waals surface area contributed by atoms with Crippen LogP contribution in [0.5, 0.6) is 0 Å². The summed E-state index contributed by atoms with van der Waals surface area (Å²) in [5.74, 6) is -0.966. The van der Waals surface area contributed by atoms with E-state index >= 15 is 0 Å². The number of benzene rings is 2. The van der Waals surface area contributed by atoms with Gasteiger partial charge in [0.1, 0.15) is 0 Å². The number of halogens is 3. The molecule has 0 aromatic heterocycles. The quantitative estimate of drug-likeness (QED) is 0.608. The highest BCUT2D eigenvalue weighted by molar-refractivity contribution is 5.98. The van der Waals surface area contributed by atoms with Crippen molar-refractivity contribution in [3.63, 3.8) is 0 Å². The number of ether oxygens (including phenoxy) is 1. The van der Waals surface area contributed by atoms with Gasteiger partial charge >= 0.3 is 6.18 Å². The van der Waals surface area contributed by atoms with Crippen LogP contribution in [0.15, 0.2) is 59.8 Å². The number of alkyl halides is 3. The average molecular weight is 473 g/mol. The molecule has 0 aliphatic carbocycles. The number of nitrogens with zero attached hydrogens (tertiary/aromatic N) is 3. The smallest absolute Gasteiger partial charge is 0.364 e. The lowest BCUT2D eigenvalue weighted by Gasteiger charge is -2.37. The highest BCUT2D eigenvalue weighted by atomic mass is 19.4. The van der Waals surface area contributed by atoms with E-state index in [0.29, 0.717) is 28.9 Å². The van der Waals surface area contributed by atoms with Crippen LogP contribution in [0, 0.1) is 11.3 Å². The van der Waals surface area contributed by atoms with E-state index in [1.54, 1.807) is 31.2 Å². The second-order valence-electron chi connectivity index (χ2n) is 8.33. The minimum Gasteiger partial charge on any atom is -0.364 e. The van der Waals surface area contributed by atoms with E-state index in [2.05, 4.69) is 0 Å². The average Bonchev–Trinajstić information content (AvgIpc) is 2.78. The summed E-state index contributed by atoms with van der Waals surface area (Å²) in [5.41, 5.74) is 1.03. The fraction of sp³-hybridized carbons (Fsp3) is 0.360. The summed E-state index contributed by atoms with van der Waals surface area (Å²) in [6.45, 7) is 2.34. The number of nitriles is 1. The monoisotopic (exact) mass is 473 g/mol. The third kappa shape index (κ3) is 5.65. The lowest BCUT2D eigenvalue weighted by molar-refractivity contribution is -0.137. The van der Waals surface area contributed by atoms with E-state index in [0.717, 1.165) is 12.1 Å². The fourth-order valence-electron chi connectivity index (χ4n) is 3.98. The molecule has 1 heterocycles. The van der Waals surface area contributed by atoms with Crippen LogP contribution in [-0.4, -0.2) is 49.5 Å². The molecule has 1 amide bonds. The number of anilines is 1. The number of carbonyl (C=O) groups is 1. The number of amides is 1. The van der Waals surface area contributed by atoms with Crippen LogP contribution in [-0.2, 0) is 15.7 Å². The van der Waals surface area contributed by atoms with Crippen LogP contribution in [0.4, 0.5) is 18.9 Å². The van der Waals surface area contributed by atoms with Crippen LogP contribution in [0.1, 0.15) is 36.0 Å². The Morgan fingerprint density at radius 3 is 2.50 bits per heavy atom. The van der Waals surface area contributed by atoms with Crippen LogP contribution < -0.4 is 4.90 Å². The van der Waals surface area contributed by atoms with Crippen molar-refractivity contribution in [2.75, 3.05) is 32.1 Å². The van der Waals surface area contributed by atoms with Crippen molar-refractivity contribution in [1.29, 1.82) is 5.26 Å². The summed E-state index contributed by atoms with van der Waals surface area (Å²) in [6, 6.07) is 13.2. The second kappa shape index (κ2) is 10.4. The van der Waals surface area contributed by atoms with E-state index in [4.69, 9.17) is 10.00 Å². The third-order valence-electron chi connectivity index (χ3n) is 5.71. The fourth-order valence-corrected chi connectivity index (χ4v) is 3.98. The lowest BCUT2D eigenvalue weighted by atomic mass is 9.83. The predicted octanol–water partition coefficient (Wildman–Crippen LogP) is 4.27. The van der Waals surface area contributed by atoms with Gasteiger partial charge in [-0.2, -0.15) is 18.4 Å². The molecule has 0 bridgehead atoms. The molecule has 2 aromatic rings. The topological polar surface area (TPSA) is 76.8 Å². The second-order valence-corrected chi connectivity index (χ2v) is 8.33. The van der Waals surface area contributed by atoms with Crippen molar-refractivity contribution in [2.45, 2.75) is 31.7 Å². The molecule has 1 aliphatic rings. The Labute approximate surface area is 196 Å². The molecule has 2 unspecified atom stereocenters. The van der Waals surface area contributed by atoms with Crippen molar-refractivity contribution in [2.24, 2.45) is 0 Å². The first-order valence-electron chi connectivity index (χ1n) is 10.7. The van der Waals surface area contributed by atoms with E-state index in [9.17, 15) is 23.1 Å². The summed E-state index contributed by atoms with van der Waals surface area (Å²) in [5, 5.41) is 20.0. The van der Waals surface area contributed by atoms with Crippen molar-refractivity contribution in [1.82, 2.24) is 4.90 Å². The summed E-state index contributed by atoms with van der Waals surface area (Å²) in [4.78, 5) is 16.3. The van der Waals surface area contributed by atoms with Gasteiger partial charge in [-0.15, -0.1) is 0 Å². The molecule has 2 aromatic carbocycles. The Morgan fingerprint density at radius 2 is 1.91 bits per heavy atom. The van der Waals surface area contributed by atoms with Crippen molar-refractivity contribution in [3.8, 4) is 6.07 Å². The first-order valence-corrected chi connectivity index (χ1v) is 10.7. The number of rotatable bonds is 7. The number of hydrogen-bond acceptors (Lipinski definition) is 5.